The maximum absolute atomic E-state index is 8.12. The molecule has 40 valence electrons. The van der Waals surface area contributed by atoms with Gasteiger partial charge in [0.15, 0.2) is 0 Å². The maximum Gasteiger partial charge on any atom is 0.0841 e. The van der Waals surface area contributed by atoms with E-state index in [1.165, 1.54) is 0 Å². The second-order valence-corrected chi connectivity index (χ2v) is 1.06. The molecule has 0 bridgehead atoms. The third-order valence-corrected chi connectivity index (χ3v) is 0.493. The average molecular weight is 100 g/mol. The number of aliphatic hydroxyl groups excluding tert-OH is 1. The molecule has 2 N–H and O–H groups in total. The molecule has 0 radical (unpaired) electrons. The summed E-state index contributed by atoms with van der Waals surface area (Å²) >= 11 is 0. The topological polar surface area (TPSA) is 56.0 Å². The lowest BCUT2D eigenvalue weighted by Crippen LogP contribution is -2.17. The largest absolute Gasteiger partial charge is 0.395 e. The van der Waals surface area contributed by atoms with Crippen molar-refractivity contribution in [2.45, 2.75) is 0 Å². The van der Waals surface area contributed by atoms with E-state index in [9.17, 15) is 0 Å². The van der Waals surface area contributed by atoms with Crippen molar-refractivity contribution < 1.29 is 5.11 Å². The number of aliphatic hydroxyl groups is 1. The van der Waals surface area contributed by atoms with Gasteiger partial charge in [-0.1, -0.05) is 0 Å². The molecule has 0 aliphatic heterocycles. The summed E-state index contributed by atoms with van der Waals surface area (Å²) < 4.78 is 0. The molecular formula is C4H8N2O. The summed E-state index contributed by atoms with van der Waals surface area (Å²) in [6.45, 7) is 0.926. The number of rotatable bonds is 3. The molecule has 7 heavy (non-hydrogen) atoms. The SMILES string of the molecule is N#CCNCCO. The molecule has 0 saturated heterocycles. The highest BCUT2D eigenvalue weighted by atomic mass is 16.3. The quantitative estimate of drug-likeness (QED) is 0.356. The van der Waals surface area contributed by atoms with E-state index in [0.29, 0.717) is 13.1 Å². The van der Waals surface area contributed by atoms with Crippen LogP contribution in [-0.2, 0) is 0 Å². The normalized spacial score (nSPS) is 8.00. The van der Waals surface area contributed by atoms with Crippen LogP contribution in [0.2, 0.25) is 0 Å². The zero-order valence-corrected chi connectivity index (χ0v) is 4.02. The van der Waals surface area contributed by atoms with Crippen molar-refractivity contribution in [1.82, 2.24) is 5.32 Å². The molecule has 0 aliphatic rings. The van der Waals surface area contributed by atoms with E-state index in [1.54, 1.807) is 0 Å². The minimum Gasteiger partial charge on any atom is -0.395 e. The van der Waals surface area contributed by atoms with Crippen LogP contribution in [0.4, 0.5) is 0 Å². The Kier molecular flexibility index (Phi) is 4.95. The first kappa shape index (κ1) is 6.41. The fourth-order valence-electron chi connectivity index (χ4n) is 0.223. The van der Waals surface area contributed by atoms with Crippen LogP contribution in [0, 0.1) is 11.3 Å². The molecule has 0 saturated carbocycles. The van der Waals surface area contributed by atoms with Gasteiger partial charge in [0.2, 0.25) is 0 Å². The number of nitrogens with zero attached hydrogens (tertiary/aromatic N) is 1. The summed E-state index contributed by atoms with van der Waals surface area (Å²) in [4.78, 5) is 0. The Morgan fingerprint density at radius 1 is 1.71 bits per heavy atom. The second kappa shape index (κ2) is 5.41. The first-order valence-corrected chi connectivity index (χ1v) is 2.10. The lowest BCUT2D eigenvalue weighted by molar-refractivity contribution is 0.295. The Bertz CT molecular complexity index is 66.6. The van der Waals surface area contributed by atoms with Crippen LogP contribution in [0.5, 0.6) is 0 Å². The Balaban J connectivity index is 2.60. The molecule has 0 heterocycles. The van der Waals surface area contributed by atoms with Crippen molar-refractivity contribution in [3.05, 3.63) is 0 Å². The van der Waals surface area contributed by atoms with Crippen molar-refractivity contribution in [1.29, 1.82) is 5.26 Å². The van der Waals surface area contributed by atoms with E-state index in [0.717, 1.165) is 0 Å². The predicted octanol–water partition coefficient (Wildman–Crippen LogP) is -0.908. The predicted molar refractivity (Wildman–Crippen MR) is 25.6 cm³/mol. The lowest BCUT2D eigenvalue weighted by atomic mass is 10.6. The number of hydrogen-bond acceptors (Lipinski definition) is 3. The standard InChI is InChI=1S/C4H8N2O/c5-1-2-6-3-4-7/h6-7H,2-4H2. The van der Waals surface area contributed by atoms with Crippen LogP contribution in [0.3, 0.4) is 0 Å². The average Bonchev–Trinajstić information content (AvgIpc) is 1.69. The summed E-state index contributed by atoms with van der Waals surface area (Å²) in [6.07, 6.45) is 0. The lowest BCUT2D eigenvalue weighted by Gasteiger charge is -1.89. The minimum atomic E-state index is 0.0989. The van der Waals surface area contributed by atoms with Gasteiger partial charge in [-0.15, -0.1) is 0 Å². The van der Waals surface area contributed by atoms with Gasteiger partial charge in [0.25, 0.3) is 0 Å². The molecule has 0 rings (SSSR count). The van der Waals surface area contributed by atoms with E-state index in [2.05, 4.69) is 5.32 Å². The van der Waals surface area contributed by atoms with Gasteiger partial charge in [0.1, 0.15) is 0 Å². The third kappa shape index (κ3) is 5.41. The molecule has 0 fully saturated rings. The Labute approximate surface area is 42.6 Å². The first-order chi connectivity index (χ1) is 3.41. The van der Waals surface area contributed by atoms with E-state index in [1.807, 2.05) is 6.07 Å². The van der Waals surface area contributed by atoms with Gasteiger partial charge in [-0.2, -0.15) is 5.26 Å². The van der Waals surface area contributed by atoms with Crippen molar-refractivity contribution in [3.8, 4) is 6.07 Å². The summed E-state index contributed by atoms with van der Waals surface area (Å²) in [6, 6.07) is 1.88. The summed E-state index contributed by atoms with van der Waals surface area (Å²) in [7, 11) is 0. The van der Waals surface area contributed by atoms with Crippen LogP contribution in [0.15, 0.2) is 0 Å². The van der Waals surface area contributed by atoms with Gasteiger partial charge in [-0.25, -0.2) is 0 Å². The van der Waals surface area contributed by atoms with Gasteiger partial charge >= 0.3 is 0 Å². The highest BCUT2D eigenvalue weighted by molar-refractivity contribution is 4.71. The van der Waals surface area contributed by atoms with Crippen molar-refractivity contribution in [2.24, 2.45) is 0 Å². The van der Waals surface area contributed by atoms with Gasteiger partial charge in [-0.05, 0) is 0 Å². The number of hydrogen-bond donors (Lipinski definition) is 2. The number of nitrogens with one attached hydrogen (secondary N) is 1. The van der Waals surface area contributed by atoms with E-state index >= 15 is 0 Å². The van der Waals surface area contributed by atoms with Gasteiger partial charge in [0, 0.05) is 6.54 Å². The van der Waals surface area contributed by atoms with Gasteiger partial charge in [-0.3, -0.25) is 0 Å². The molecule has 0 aromatic heterocycles. The molecule has 3 nitrogen and oxygen atoms in total. The van der Waals surface area contributed by atoms with Crippen LogP contribution >= 0.6 is 0 Å². The molecule has 0 aromatic carbocycles. The van der Waals surface area contributed by atoms with Crippen LogP contribution < -0.4 is 5.32 Å². The summed E-state index contributed by atoms with van der Waals surface area (Å²) in [5.74, 6) is 0. The number of nitriles is 1. The van der Waals surface area contributed by atoms with E-state index in [4.69, 9.17) is 10.4 Å². The molecular weight excluding hydrogens is 92.1 g/mol. The molecule has 0 aliphatic carbocycles. The van der Waals surface area contributed by atoms with Crippen molar-refractivity contribution in [3.63, 3.8) is 0 Å². The van der Waals surface area contributed by atoms with E-state index in [-0.39, 0.29) is 6.61 Å². The van der Waals surface area contributed by atoms with E-state index < -0.39 is 0 Å². The molecule has 0 amide bonds. The molecule has 3 heteroatoms. The summed E-state index contributed by atoms with van der Waals surface area (Å²) in [5.41, 5.74) is 0. The van der Waals surface area contributed by atoms with Crippen molar-refractivity contribution in [2.75, 3.05) is 19.7 Å². The minimum absolute atomic E-state index is 0.0989. The zero-order valence-electron chi connectivity index (χ0n) is 4.02. The summed E-state index contributed by atoms with van der Waals surface area (Å²) in [5, 5.41) is 18.7. The Hall–Kier alpha value is -0.590. The van der Waals surface area contributed by atoms with Crippen LogP contribution in [-0.4, -0.2) is 24.8 Å². The molecule has 0 atom stereocenters. The fourth-order valence-corrected chi connectivity index (χ4v) is 0.223. The van der Waals surface area contributed by atoms with Gasteiger partial charge in [0.05, 0.1) is 19.2 Å². The van der Waals surface area contributed by atoms with Crippen LogP contribution in [0.25, 0.3) is 0 Å². The monoisotopic (exact) mass is 100 g/mol. The zero-order chi connectivity index (χ0) is 5.54. The molecule has 0 unspecified atom stereocenters. The smallest absolute Gasteiger partial charge is 0.0841 e. The second-order valence-electron chi connectivity index (χ2n) is 1.06. The molecule has 0 spiro atoms. The Morgan fingerprint density at radius 3 is 2.86 bits per heavy atom. The highest BCUT2D eigenvalue weighted by Gasteiger charge is 1.76. The highest BCUT2D eigenvalue weighted by Crippen LogP contribution is 1.52. The fraction of sp³-hybridized carbons (Fsp3) is 0.750. The maximum atomic E-state index is 8.12. The van der Waals surface area contributed by atoms with Crippen molar-refractivity contribution >= 4 is 0 Å². The first-order valence-electron chi connectivity index (χ1n) is 2.10. The molecule has 0 aromatic rings. The van der Waals surface area contributed by atoms with Crippen LogP contribution in [0.1, 0.15) is 0 Å². The Morgan fingerprint density at radius 2 is 2.43 bits per heavy atom. The third-order valence-electron chi connectivity index (χ3n) is 0.493. The van der Waals surface area contributed by atoms with Gasteiger partial charge < -0.3 is 10.4 Å².